The molecule has 2 rings (SSSR count). The molecule has 2 N–H and O–H groups in total. The molecule has 21 heavy (non-hydrogen) atoms. The van der Waals surface area contributed by atoms with Gasteiger partial charge in [-0.2, -0.15) is 0 Å². The molecule has 0 aliphatic carbocycles. The Balaban J connectivity index is 2.19. The Morgan fingerprint density at radius 3 is 2.71 bits per heavy atom. The van der Waals surface area contributed by atoms with Gasteiger partial charge in [-0.1, -0.05) is 18.2 Å². The van der Waals surface area contributed by atoms with Crippen molar-refractivity contribution in [2.75, 3.05) is 19.9 Å². The van der Waals surface area contributed by atoms with E-state index in [1.807, 2.05) is 31.2 Å². The molecular formula is C16H19N3O2. The van der Waals surface area contributed by atoms with Crippen molar-refractivity contribution in [2.45, 2.75) is 13.5 Å². The Kier molecular flexibility index (Phi) is 4.42. The first-order valence-corrected chi connectivity index (χ1v) is 6.63. The van der Waals surface area contributed by atoms with E-state index in [0.29, 0.717) is 17.9 Å². The number of methoxy groups -OCH3 is 1. The van der Waals surface area contributed by atoms with Crippen LogP contribution < -0.4 is 10.5 Å². The first-order chi connectivity index (χ1) is 10.0. The second-order valence-corrected chi connectivity index (χ2v) is 4.90. The third-order valence-electron chi connectivity index (χ3n) is 3.17. The van der Waals surface area contributed by atoms with Crippen LogP contribution in [0.5, 0.6) is 5.75 Å². The number of amides is 1. The number of aromatic nitrogens is 1. The number of hydrogen-bond donors (Lipinski definition) is 1. The molecule has 0 saturated carbocycles. The normalized spacial score (nSPS) is 10.2. The van der Waals surface area contributed by atoms with Crippen LogP contribution in [0.3, 0.4) is 0 Å². The maximum atomic E-state index is 12.5. The standard InChI is InChI=1S/C16H19N3O2/c1-11-8-13(9-15(17)18-11)16(20)19(2)10-12-6-4-5-7-14(12)21-3/h4-9H,10H2,1-3H3,(H2,17,18). The lowest BCUT2D eigenvalue weighted by atomic mass is 10.1. The number of hydrogen-bond acceptors (Lipinski definition) is 4. The van der Waals surface area contributed by atoms with Crippen LogP contribution >= 0.6 is 0 Å². The lowest BCUT2D eigenvalue weighted by Crippen LogP contribution is -2.26. The van der Waals surface area contributed by atoms with Crippen LogP contribution in [0.25, 0.3) is 0 Å². The number of anilines is 1. The van der Waals surface area contributed by atoms with Gasteiger partial charge in [-0.15, -0.1) is 0 Å². The molecule has 0 unspecified atom stereocenters. The predicted molar refractivity (Wildman–Crippen MR) is 82.2 cm³/mol. The van der Waals surface area contributed by atoms with Gasteiger partial charge in [0.05, 0.1) is 7.11 Å². The number of nitrogens with two attached hydrogens (primary N) is 1. The minimum absolute atomic E-state index is 0.0990. The van der Waals surface area contributed by atoms with E-state index >= 15 is 0 Å². The highest BCUT2D eigenvalue weighted by atomic mass is 16.5. The predicted octanol–water partition coefficient (Wildman–Crippen LogP) is 2.25. The highest BCUT2D eigenvalue weighted by Gasteiger charge is 2.15. The molecule has 1 aromatic carbocycles. The van der Waals surface area contributed by atoms with Gasteiger partial charge in [0.2, 0.25) is 0 Å². The van der Waals surface area contributed by atoms with E-state index in [9.17, 15) is 4.79 Å². The van der Waals surface area contributed by atoms with Gasteiger partial charge in [0, 0.05) is 30.4 Å². The lowest BCUT2D eigenvalue weighted by molar-refractivity contribution is 0.0784. The second kappa shape index (κ2) is 6.26. The van der Waals surface area contributed by atoms with E-state index in [0.717, 1.165) is 17.0 Å². The molecular weight excluding hydrogens is 266 g/mol. The number of aryl methyl sites for hydroxylation is 1. The molecule has 5 nitrogen and oxygen atoms in total. The number of pyridine rings is 1. The Bertz CT molecular complexity index is 635. The Morgan fingerprint density at radius 1 is 1.33 bits per heavy atom. The Hall–Kier alpha value is -2.56. The fraction of sp³-hybridized carbons (Fsp3) is 0.250. The molecule has 110 valence electrons. The van der Waals surface area contributed by atoms with E-state index in [4.69, 9.17) is 10.5 Å². The highest BCUT2D eigenvalue weighted by molar-refractivity contribution is 5.94. The third kappa shape index (κ3) is 3.51. The van der Waals surface area contributed by atoms with Crippen molar-refractivity contribution in [3.63, 3.8) is 0 Å². The number of nitrogen functional groups attached to an aromatic ring is 1. The first-order valence-electron chi connectivity index (χ1n) is 6.63. The van der Waals surface area contributed by atoms with Crippen LogP contribution in [0, 0.1) is 6.92 Å². The van der Waals surface area contributed by atoms with Crippen molar-refractivity contribution in [1.29, 1.82) is 0 Å². The SMILES string of the molecule is COc1ccccc1CN(C)C(=O)c1cc(C)nc(N)c1. The van der Waals surface area contributed by atoms with Gasteiger partial charge < -0.3 is 15.4 Å². The van der Waals surface area contributed by atoms with Crippen LogP contribution in [0.2, 0.25) is 0 Å². The van der Waals surface area contributed by atoms with E-state index in [2.05, 4.69) is 4.98 Å². The van der Waals surface area contributed by atoms with Gasteiger partial charge in [0.25, 0.3) is 5.91 Å². The van der Waals surface area contributed by atoms with Crippen LogP contribution in [0.1, 0.15) is 21.6 Å². The van der Waals surface area contributed by atoms with E-state index in [1.54, 1.807) is 31.2 Å². The quantitative estimate of drug-likeness (QED) is 0.935. The summed E-state index contributed by atoms with van der Waals surface area (Å²) in [6.45, 7) is 2.28. The topological polar surface area (TPSA) is 68.5 Å². The van der Waals surface area contributed by atoms with Crippen LogP contribution in [0.4, 0.5) is 5.82 Å². The molecule has 0 saturated heterocycles. The van der Waals surface area contributed by atoms with Gasteiger partial charge in [-0.05, 0) is 25.1 Å². The van der Waals surface area contributed by atoms with Crippen molar-refractivity contribution in [1.82, 2.24) is 9.88 Å². The van der Waals surface area contributed by atoms with Gasteiger partial charge >= 0.3 is 0 Å². The van der Waals surface area contributed by atoms with Crippen LogP contribution in [-0.4, -0.2) is 29.9 Å². The zero-order valence-electron chi connectivity index (χ0n) is 12.5. The lowest BCUT2D eigenvalue weighted by Gasteiger charge is -2.19. The minimum atomic E-state index is -0.0990. The molecule has 0 spiro atoms. The number of ether oxygens (including phenoxy) is 1. The zero-order valence-corrected chi connectivity index (χ0v) is 12.5. The number of nitrogens with zero attached hydrogens (tertiary/aromatic N) is 2. The number of carbonyl (C=O) groups excluding carboxylic acids is 1. The minimum Gasteiger partial charge on any atom is -0.496 e. The van der Waals surface area contributed by atoms with Crippen molar-refractivity contribution < 1.29 is 9.53 Å². The van der Waals surface area contributed by atoms with Crippen LogP contribution in [-0.2, 0) is 6.54 Å². The van der Waals surface area contributed by atoms with Gasteiger partial charge in [0.15, 0.2) is 0 Å². The molecule has 0 aliphatic heterocycles. The molecule has 5 heteroatoms. The second-order valence-electron chi connectivity index (χ2n) is 4.90. The summed E-state index contributed by atoms with van der Waals surface area (Å²) < 4.78 is 5.30. The number of carbonyl (C=O) groups is 1. The molecule has 0 radical (unpaired) electrons. The average molecular weight is 285 g/mol. The van der Waals surface area contributed by atoms with Crippen molar-refractivity contribution in [3.8, 4) is 5.75 Å². The van der Waals surface area contributed by atoms with E-state index in [1.165, 1.54) is 0 Å². The maximum absolute atomic E-state index is 12.5. The Morgan fingerprint density at radius 2 is 2.05 bits per heavy atom. The van der Waals surface area contributed by atoms with Crippen molar-refractivity contribution in [3.05, 3.63) is 53.2 Å². The molecule has 0 fully saturated rings. The summed E-state index contributed by atoms with van der Waals surface area (Å²) in [6.07, 6.45) is 0. The molecule has 1 aromatic heterocycles. The average Bonchev–Trinajstić information content (AvgIpc) is 2.46. The summed E-state index contributed by atoms with van der Waals surface area (Å²) >= 11 is 0. The largest absolute Gasteiger partial charge is 0.496 e. The Labute approximate surface area is 124 Å². The van der Waals surface area contributed by atoms with E-state index < -0.39 is 0 Å². The molecule has 0 atom stereocenters. The molecule has 1 heterocycles. The third-order valence-corrected chi connectivity index (χ3v) is 3.17. The summed E-state index contributed by atoms with van der Waals surface area (Å²) in [4.78, 5) is 18.2. The first kappa shape index (κ1) is 14.8. The summed E-state index contributed by atoms with van der Waals surface area (Å²) in [5.41, 5.74) is 7.91. The fourth-order valence-electron chi connectivity index (χ4n) is 2.20. The van der Waals surface area contributed by atoms with Gasteiger partial charge in [-0.25, -0.2) is 4.98 Å². The summed E-state index contributed by atoms with van der Waals surface area (Å²) in [6, 6.07) is 11.0. The smallest absolute Gasteiger partial charge is 0.254 e. The van der Waals surface area contributed by atoms with Crippen molar-refractivity contribution >= 4 is 11.7 Å². The van der Waals surface area contributed by atoms with Crippen molar-refractivity contribution in [2.24, 2.45) is 0 Å². The zero-order chi connectivity index (χ0) is 15.4. The van der Waals surface area contributed by atoms with Crippen LogP contribution in [0.15, 0.2) is 36.4 Å². The maximum Gasteiger partial charge on any atom is 0.254 e. The molecule has 0 aliphatic rings. The molecule has 1 amide bonds. The summed E-state index contributed by atoms with van der Waals surface area (Å²) in [7, 11) is 3.37. The summed E-state index contributed by atoms with van der Waals surface area (Å²) in [5.74, 6) is 1.02. The van der Waals surface area contributed by atoms with Gasteiger partial charge in [0.1, 0.15) is 11.6 Å². The monoisotopic (exact) mass is 285 g/mol. The van der Waals surface area contributed by atoms with Gasteiger partial charge in [-0.3, -0.25) is 4.79 Å². The molecule has 2 aromatic rings. The number of benzene rings is 1. The summed E-state index contributed by atoms with van der Waals surface area (Å²) in [5, 5.41) is 0. The number of para-hydroxylation sites is 1. The fourth-order valence-corrected chi connectivity index (χ4v) is 2.20. The number of rotatable bonds is 4. The van der Waals surface area contributed by atoms with E-state index in [-0.39, 0.29) is 5.91 Å². The highest BCUT2D eigenvalue weighted by Crippen LogP contribution is 2.20. The molecule has 0 bridgehead atoms.